The van der Waals surface area contributed by atoms with Crippen LogP contribution in [-0.4, -0.2) is 55.0 Å². The summed E-state index contributed by atoms with van der Waals surface area (Å²) < 4.78 is 9.89. The third kappa shape index (κ3) is 7.34. The average Bonchev–Trinajstić information content (AvgIpc) is 2.55. The predicted octanol–water partition coefficient (Wildman–Crippen LogP) is -0.333. The van der Waals surface area contributed by atoms with Crippen LogP contribution in [0, 0.1) is 0 Å². The Bertz CT molecular complexity index is 568. The maximum absolute atomic E-state index is 11.8. The number of amides is 2. The summed E-state index contributed by atoms with van der Waals surface area (Å²) in [7, 11) is 0. The fourth-order valence-corrected chi connectivity index (χ4v) is 1.57. The summed E-state index contributed by atoms with van der Waals surface area (Å²) in [4.78, 5) is 48.8. The van der Waals surface area contributed by atoms with E-state index in [0.29, 0.717) is 0 Å². The number of aromatic nitrogens is 1. The van der Waals surface area contributed by atoms with Crippen LogP contribution >= 0.6 is 0 Å². The standard InChI is InChI=1S/C15H19N3O6/c1-10(19)17-3-5-23-14(21)12-7-13(9-16-8-12)15(22)24-6-4-18-11(2)20/h7-9H,3-6H2,1-2H3,(H,17,19)(H,18,20). The molecular formula is C15H19N3O6. The van der Waals surface area contributed by atoms with Crippen molar-refractivity contribution in [2.45, 2.75) is 13.8 Å². The van der Waals surface area contributed by atoms with Crippen LogP contribution in [0.15, 0.2) is 18.5 Å². The van der Waals surface area contributed by atoms with Crippen LogP contribution in [0.2, 0.25) is 0 Å². The zero-order chi connectivity index (χ0) is 17.9. The first-order valence-electron chi connectivity index (χ1n) is 7.18. The van der Waals surface area contributed by atoms with E-state index in [2.05, 4.69) is 15.6 Å². The molecule has 0 saturated heterocycles. The van der Waals surface area contributed by atoms with Crippen LogP contribution in [0.25, 0.3) is 0 Å². The van der Waals surface area contributed by atoms with E-state index >= 15 is 0 Å². The lowest BCUT2D eigenvalue weighted by Crippen LogP contribution is -2.26. The van der Waals surface area contributed by atoms with Crippen molar-refractivity contribution in [1.82, 2.24) is 15.6 Å². The molecule has 2 amide bonds. The first-order valence-corrected chi connectivity index (χ1v) is 7.18. The molecule has 0 bridgehead atoms. The summed E-state index contributed by atoms with van der Waals surface area (Å²) in [5, 5.41) is 4.97. The van der Waals surface area contributed by atoms with E-state index in [1.54, 1.807) is 0 Å². The van der Waals surface area contributed by atoms with Crippen molar-refractivity contribution in [2.75, 3.05) is 26.3 Å². The van der Waals surface area contributed by atoms with Crippen molar-refractivity contribution in [1.29, 1.82) is 0 Å². The third-order valence-corrected chi connectivity index (χ3v) is 2.63. The van der Waals surface area contributed by atoms with Crippen LogP contribution in [-0.2, 0) is 19.1 Å². The molecule has 1 heterocycles. The molecule has 2 N–H and O–H groups in total. The Morgan fingerprint density at radius 1 is 0.875 bits per heavy atom. The van der Waals surface area contributed by atoms with Crippen molar-refractivity contribution < 1.29 is 28.7 Å². The summed E-state index contributed by atoms with van der Waals surface area (Å²) >= 11 is 0. The fourth-order valence-electron chi connectivity index (χ4n) is 1.57. The molecule has 0 unspecified atom stereocenters. The number of carbonyl (C=O) groups excluding carboxylic acids is 4. The second kappa shape index (κ2) is 9.93. The minimum Gasteiger partial charge on any atom is -0.460 e. The van der Waals surface area contributed by atoms with Crippen LogP contribution in [0.4, 0.5) is 0 Å². The van der Waals surface area contributed by atoms with Crippen molar-refractivity contribution >= 4 is 23.8 Å². The highest BCUT2D eigenvalue weighted by Gasteiger charge is 2.13. The van der Waals surface area contributed by atoms with Crippen molar-refractivity contribution in [3.05, 3.63) is 29.6 Å². The Balaban J connectivity index is 2.49. The molecule has 0 fully saturated rings. The number of esters is 2. The lowest BCUT2D eigenvalue weighted by molar-refractivity contribution is -0.119. The molecule has 0 atom stereocenters. The zero-order valence-electron chi connectivity index (χ0n) is 13.5. The quantitative estimate of drug-likeness (QED) is 0.491. The predicted molar refractivity (Wildman–Crippen MR) is 82.2 cm³/mol. The number of pyridine rings is 1. The zero-order valence-corrected chi connectivity index (χ0v) is 13.5. The van der Waals surface area contributed by atoms with Gasteiger partial charge in [-0.1, -0.05) is 0 Å². The summed E-state index contributed by atoms with van der Waals surface area (Å²) in [5.41, 5.74) is 0.184. The van der Waals surface area contributed by atoms with Gasteiger partial charge in [0.2, 0.25) is 11.8 Å². The molecule has 1 aromatic heterocycles. The fraction of sp³-hybridized carbons (Fsp3) is 0.400. The van der Waals surface area contributed by atoms with E-state index in [1.165, 1.54) is 32.3 Å². The number of hydrogen-bond acceptors (Lipinski definition) is 7. The van der Waals surface area contributed by atoms with Gasteiger partial charge in [0.25, 0.3) is 0 Å². The van der Waals surface area contributed by atoms with Gasteiger partial charge in [-0.05, 0) is 6.07 Å². The van der Waals surface area contributed by atoms with Crippen LogP contribution < -0.4 is 10.6 Å². The van der Waals surface area contributed by atoms with E-state index in [9.17, 15) is 19.2 Å². The van der Waals surface area contributed by atoms with Gasteiger partial charge in [0.05, 0.1) is 24.2 Å². The molecule has 0 aromatic carbocycles. The molecule has 24 heavy (non-hydrogen) atoms. The van der Waals surface area contributed by atoms with Gasteiger partial charge in [0.15, 0.2) is 0 Å². The van der Waals surface area contributed by atoms with Gasteiger partial charge in [0.1, 0.15) is 13.2 Å². The molecule has 1 aromatic rings. The van der Waals surface area contributed by atoms with E-state index in [0.717, 1.165) is 0 Å². The Morgan fingerprint density at radius 2 is 1.29 bits per heavy atom. The van der Waals surface area contributed by atoms with Gasteiger partial charge in [-0.3, -0.25) is 14.6 Å². The van der Waals surface area contributed by atoms with Crippen molar-refractivity contribution in [3.63, 3.8) is 0 Å². The molecule has 1 rings (SSSR count). The van der Waals surface area contributed by atoms with E-state index in [4.69, 9.17) is 9.47 Å². The third-order valence-electron chi connectivity index (χ3n) is 2.63. The first kappa shape index (κ1) is 19.1. The van der Waals surface area contributed by atoms with Crippen molar-refractivity contribution in [2.24, 2.45) is 0 Å². The van der Waals surface area contributed by atoms with Gasteiger partial charge in [-0.2, -0.15) is 0 Å². The number of ether oxygens (including phenoxy) is 2. The lowest BCUT2D eigenvalue weighted by Gasteiger charge is -2.07. The maximum atomic E-state index is 11.8. The number of hydrogen-bond donors (Lipinski definition) is 2. The maximum Gasteiger partial charge on any atom is 0.339 e. The molecule has 0 aliphatic carbocycles. The van der Waals surface area contributed by atoms with E-state index in [-0.39, 0.29) is 49.2 Å². The van der Waals surface area contributed by atoms with Gasteiger partial charge in [-0.25, -0.2) is 9.59 Å². The normalized spacial score (nSPS) is 9.75. The summed E-state index contributed by atoms with van der Waals surface area (Å²) in [6.07, 6.45) is 2.52. The average molecular weight is 337 g/mol. The van der Waals surface area contributed by atoms with Gasteiger partial charge in [0, 0.05) is 26.2 Å². The second-order valence-electron chi connectivity index (χ2n) is 4.70. The highest BCUT2D eigenvalue weighted by molar-refractivity contribution is 5.94. The van der Waals surface area contributed by atoms with Gasteiger partial charge >= 0.3 is 11.9 Å². The summed E-state index contributed by atoms with van der Waals surface area (Å²) in [6, 6.07) is 1.30. The number of carbonyl (C=O) groups is 4. The molecule has 0 spiro atoms. The molecule has 0 aliphatic heterocycles. The largest absolute Gasteiger partial charge is 0.460 e. The SMILES string of the molecule is CC(=O)NCCOC(=O)c1cncc(C(=O)OCCNC(C)=O)c1. The highest BCUT2D eigenvalue weighted by Crippen LogP contribution is 2.06. The number of nitrogens with zero attached hydrogens (tertiary/aromatic N) is 1. The van der Waals surface area contributed by atoms with E-state index in [1.807, 2.05) is 0 Å². The number of nitrogens with one attached hydrogen (secondary N) is 2. The summed E-state index contributed by atoms with van der Waals surface area (Å²) in [6.45, 7) is 3.10. The van der Waals surface area contributed by atoms with E-state index < -0.39 is 11.9 Å². The molecule has 0 radical (unpaired) electrons. The Morgan fingerprint density at radius 3 is 1.67 bits per heavy atom. The lowest BCUT2D eigenvalue weighted by atomic mass is 10.2. The minimum absolute atomic E-state index is 0.00377. The number of rotatable bonds is 8. The summed E-state index contributed by atoms with van der Waals surface area (Å²) in [5.74, 6) is -1.78. The molecule has 0 saturated carbocycles. The molecule has 0 aliphatic rings. The Hall–Kier alpha value is -2.97. The smallest absolute Gasteiger partial charge is 0.339 e. The van der Waals surface area contributed by atoms with Gasteiger partial charge < -0.3 is 20.1 Å². The Kier molecular flexibility index (Phi) is 7.89. The molecule has 9 nitrogen and oxygen atoms in total. The molecule has 9 heteroatoms. The monoisotopic (exact) mass is 337 g/mol. The van der Waals surface area contributed by atoms with Gasteiger partial charge in [-0.15, -0.1) is 0 Å². The minimum atomic E-state index is -0.666. The first-order chi connectivity index (χ1) is 11.4. The topological polar surface area (TPSA) is 124 Å². The second-order valence-corrected chi connectivity index (χ2v) is 4.70. The molecule has 130 valence electrons. The van der Waals surface area contributed by atoms with Crippen LogP contribution in [0.1, 0.15) is 34.6 Å². The van der Waals surface area contributed by atoms with Crippen molar-refractivity contribution in [3.8, 4) is 0 Å². The van der Waals surface area contributed by atoms with Crippen LogP contribution in [0.3, 0.4) is 0 Å². The highest BCUT2D eigenvalue weighted by atomic mass is 16.5. The Labute approximate surface area is 138 Å². The van der Waals surface area contributed by atoms with Crippen LogP contribution in [0.5, 0.6) is 0 Å². The molecular weight excluding hydrogens is 318 g/mol.